The van der Waals surface area contributed by atoms with Crippen molar-refractivity contribution in [3.8, 4) is 5.75 Å². The molecule has 0 atom stereocenters. The van der Waals surface area contributed by atoms with Crippen LogP contribution in [-0.4, -0.2) is 22.6 Å². The molecule has 0 saturated heterocycles. The Kier molecular flexibility index (Phi) is 2.88. The molecule has 18 heavy (non-hydrogen) atoms. The van der Waals surface area contributed by atoms with Crippen LogP contribution in [-0.2, 0) is 4.74 Å². The summed E-state index contributed by atoms with van der Waals surface area (Å²) in [5.74, 6) is -1.74. The van der Waals surface area contributed by atoms with E-state index in [2.05, 4.69) is 4.74 Å². The van der Waals surface area contributed by atoms with Crippen molar-refractivity contribution >= 4 is 22.6 Å². The standard InChI is InChI=1S/C11H9NO6/c1-2-17-11(14)10-8(13)6-4-3-5-7(12(15)16)9(6)18-10/h3-5,13H,2H2,1H3. The molecular weight excluding hydrogens is 242 g/mol. The van der Waals surface area contributed by atoms with Gasteiger partial charge in [0.15, 0.2) is 5.75 Å². The van der Waals surface area contributed by atoms with Crippen molar-refractivity contribution in [3.63, 3.8) is 0 Å². The Bertz CT molecular complexity index is 630. The van der Waals surface area contributed by atoms with Crippen LogP contribution in [0.15, 0.2) is 22.6 Å². The third kappa shape index (κ3) is 1.75. The number of hydrogen-bond donors (Lipinski definition) is 1. The molecule has 7 heteroatoms. The molecule has 2 rings (SSSR count). The number of carbonyl (C=O) groups excluding carboxylic acids is 1. The van der Waals surface area contributed by atoms with Crippen LogP contribution in [0.25, 0.3) is 11.0 Å². The van der Waals surface area contributed by atoms with Gasteiger partial charge >= 0.3 is 11.7 Å². The van der Waals surface area contributed by atoms with Crippen molar-refractivity contribution in [2.24, 2.45) is 0 Å². The van der Waals surface area contributed by atoms with Gasteiger partial charge in [-0.2, -0.15) is 0 Å². The first-order chi connectivity index (χ1) is 8.56. The average Bonchev–Trinajstić information content (AvgIpc) is 2.67. The molecule has 0 bridgehead atoms. The van der Waals surface area contributed by atoms with E-state index in [1.165, 1.54) is 18.2 Å². The summed E-state index contributed by atoms with van der Waals surface area (Å²) < 4.78 is 9.72. The van der Waals surface area contributed by atoms with Crippen molar-refractivity contribution in [1.82, 2.24) is 0 Å². The molecule has 94 valence electrons. The lowest BCUT2D eigenvalue weighted by Crippen LogP contribution is -2.02. The molecule has 0 unspecified atom stereocenters. The molecule has 0 radical (unpaired) electrons. The first-order valence-electron chi connectivity index (χ1n) is 5.12. The van der Waals surface area contributed by atoms with Crippen molar-refractivity contribution in [2.45, 2.75) is 6.92 Å². The molecule has 1 aromatic carbocycles. The van der Waals surface area contributed by atoms with Gasteiger partial charge in [-0.25, -0.2) is 4.79 Å². The van der Waals surface area contributed by atoms with Gasteiger partial charge < -0.3 is 14.3 Å². The number of nitro benzene ring substituents is 1. The minimum Gasteiger partial charge on any atom is -0.504 e. The van der Waals surface area contributed by atoms with Crippen molar-refractivity contribution < 1.29 is 24.0 Å². The number of benzene rings is 1. The molecular formula is C11H9NO6. The van der Waals surface area contributed by atoms with E-state index in [0.717, 1.165) is 0 Å². The number of furan rings is 1. The van der Waals surface area contributed by atoms with Crippen LogP contribution in [0.3, 0.4) is 0 Å². The minimum absolute atomic E-state index is 0.104. The number of nitrogens with zero attached hydrogens (tertiary/aromatic N) is 1. The molecule has 0 saturated carbocycles. The number of aromatic hydroxyl groups is 1. The maximum Gasteiger partial charge on any atom is 0.378 e. The third-order valence-electron chi connectivity index (χ3n) is 2.33. The zero-order chi connectivity index (χ0) is 13.3. The molecule has 7 nitrogen and oxygen atoms in total. The lowest BCUT2D eigenvalue weighted by Gasteiger charge is -1.97. The minimum atomic E-state index is -0.861. The van der Waals surface area contributed by atoms with Gasteiger partial charge in [-0.1, -0.05) is 6.07 Å². The smallest absolute Gasteiger partial charge is 0.378 e. The van der Waals surface area contributed by atoms with Crippen LogP contribution in [0.1, 0.15) is 17.5 Å². The van der Waals surface area contributed by atoms with E-state index >= 15 is 0 Å². The Labute approximate surface area is 101 Å². The van der Waals surface area contributed by atoms with E-state index < -0.39 is 22.4 Å². The van der Waals surface area contributed by atoms with Crippen molar-refractivity contribution in [1.29, 1.82) is 0 Å². The van der Waals surface area contributed by atoms with Gasteiger partial charge in [-0.15, -0.1) is 0 Å². The van der Waals surface area contributed by atoms with Gasteiger partial charge in [0.1, 0.15) is 0 Å². The summed E-state index contributed by atoms with van der Waals surface area (Å²) in [7, 11) is 0. The largest absolute Gasteiger partial charge is 0.504 e. The number of nitro groups is 1. The quantitative estimate of drug-likeness (QED) is 0.509. The Balaban J connectivity index is 2.66. The zero-order valence-electron chi connectivity index (χ0n) is 9.37. The fourth-order valence-electron chi connectivity index (χ4n) is 1.57. The summed E-state index contributed by atoms with van der Waals surface area (Å²) in [6.45, 7) is 1.71. The van der Waals surface area contributed by atoms with Crippen molar-refractivity contribution in [3.05, 3.63) is 34.1 Å². The highest BCUT2D eigenvalue weighted by molar-refractivity contribution is 6.00. The topological polar surface area (TPSA) is 103 Å². The van der Waals surface area contributed by atoms with Gasteiger partial charge in [-0.3, -0.25) is 10.1 Å². The summed E-state index contributed by atoms with van der Waals surface area (Å²) >= 11 is 0. The maximum absolute atomic E-state index is 11.5. The predicted octanol–water partition coefficient (Wildman–Crippen LogP) is 2.22. The van der Waals surface area contributed by atoms with Gasteiger partial charge in [0.2, 0.25) is 5.58 Å². The van der Waals surface area contributed by atoms with Crippen LogP contribution >= 0.6 is 0 Å². The normalized spacial score (nSPS) is 10.5. The fourth-order valence-corrected chi connectivity index (χ4v) is 1.57. The van der Waals surface area contributed by atoms with E-state index in [4.69, 9.17) is 4.42 Å². The monoisotopic (exact) mass is 251 g/mol. The predicted molar refractivity (Wildman–Crippen MR) is 60.5 cm³/mol. The molecule has 0 aliphatic rings. The van der Waals surface area contributed by atoms with E-state index in [1.807, 2.05) is 0 Å². The molecule has 0 aliphatic heterocycles. The Hall–Kier alpha value is -2.57. The van der Waals surface area contributed by atoms with Crippen molar-refractivity contribution in [2.75, 3.05) is 6.61 Å². The SMILES string of the molecule is CCOC(=O)c1oc2c([N+](=O)[O-])cccc2c1O. The first-order valence-corrected chi connectivity index (χ1v) is 5.12. The molecule has 1 N–H and O–H groups in total. The summed E-state index contributed by atoms with van der Waals surface area (Å²) in [5.41, 5.74) is -0.471. The Morgan fingerprint density at radius 2 is 2.28 bits per heavy atom. The molecule has 0 amide bonds. The lowest BCUT2D eigenvalue weighted by atomic mass is 10.2. The zero-order valence-corrected chi connectivity index (χ0v) is 9.37. The maximum atomic E-state index is 11.5. The highest BCUT2D eigenvalue weighted by Gasteiger charge is 2.26. The number of non-ortho nitro benzene ring substituents is 1. The molecule has 0 spiro atoms. The molecule has 0 fully saturated rings. The molecule has 1 aromatic heterocycles. The number of hydrogen-bond acceptors (Lipinski definition) is 6. The molecule has 2 aromatic rings. The molecule has 0 aliphatic carbocycles. The number of fused-ring (bicyclic) bond motifs is 1. The second-order valence-corrected chi connectivity index (χ2v) is 3.41. The summed E-state index contributed by atoms with van der Waals surface area (Å²) in [4.78, 5) is 21.6. The first kappa shape index (κ1) is 11.9. The van der Waals surface area contributed by atoms with Crippen LogP contribution in [0.4, 0.5) is 5.69 Å². The summed E-state index contributed by atoms with van der Waals surface area (Å²) in [6, 6.07) is 4.04. The summed E-state index contributed by atoms with van der Waals surface area (Å²) in [5, 5.41) is 20.7. The van der Waals surface area contributed by atoms with Gasteiger partial charge in [-0.05, 0) is 13.0 Å². The van der Waals surface area contributed by atoms with Gasteiger partial charge in [0, 0.05) is 6.07 Å². The number of carbonyl (C=O) groups is 1. The number of ether oxygens (including phenoxy) is 1. The van der Waals surface area contributed by atoms with Crippen LogP contribution < -0.4 is 0 Å². The fraction of sp³-hybridized carbons (Fsp3) is 0.182. The van der Waals surface area contributed by atoms with Gasteiger partial charge in [0.05, 0.1) is 16.9 Å². The number of rotatable bonds is 3. The van der Waals surface area contributed by atoms with Crippen LogP contribution in [0.2, 0.25) is 0 Å². The molecule has 1 heterocycles. The second-order valence-electron chi connectivity index (χ2n) is 3.41. The Morgan fingerprint density at radius 1 is 1.56 bits per heavy atom. The van der Waals surface area contributed by atoms with Crippen LogP contribution in [0, 0.1) is 10.1 Å². The highest BCUT2D eigenvalue weighted by atomic mass is 16.6. The van der Waals surface area contributed by atoms with Gasteiger partial charge in [0.25, 0.3) is 5.76 Å². The van der Waals surface area contributed by atoms with E-state index in [9.17, 15) is 20.0 Å². The summed E-state index contributed by atoms with van der Waals surface area (Å²) in [6.07, 6.45) is 0. The second kappa shape index (κ2) is 4.36. The lowest BCUT2D eigenvalue weighted by molar-refractivity contribution is -0.383. The van der Waals surface area contributed by atoms with E-state index in [1.54, 1.807) is 6.92 Å². The number of esters is 1. The Morgan fingerprint density at radius 3 is 2.89 bits per heavy atom. The number of para-hydroxylation sites is 1. The van der Waals surface area contributed by atoms with E-state index in [0.29, 0.717) is 0 Å². The van der Waals surface area contributed by atoms with Crippen LogP contribution in [0.5, 0.6) is 5.75 Å². The average molecular weight is 251 g/mol. The van der Waals surface area contributed by atoms with E-state index in [-0.39, 0.29) is 23.3 Å². The third-order valence-corrected chi connectivity index (χ3v) is 2.33. The highest BCUT2D eigenvalue weighted by Crippen LogP contribution is 2.37.